The quantitative estimate of drug-likeness (QED) is 0.891. The van der Waals surface area contributed by atoms with E-state index in [0.29, 0.717) is 24.1 Å². The minimum Gasteiger partial charge on any atom is -0.364 e. The third kappa shape index (κ3) is 2.71. The number of nitrogens with zero attached hydrogens (tertiary/aromatic N) is 1. The molecule has 0 aliphatic heterocycles. The molecule has 0 aromatic carbocycles. The fourth-order valence-corrected chi connectivity index (χ4v) is 3.19. The van der Waals surface area contributed by atoms with Crippen LogP contribution in [0.15, 0.2) is 23.1 Å². The summed E-state index contributed by atoms with van der Waals surface area (Å²) in [7, 11) is 0. The summed E-state index contributed by atoms with van der Waals surface area (Å²) in [5.41, 5.74) is 5.54. The van der Waals surface area contributed by atoms with Gasteiger partial charge in [-0.05, 0) is 18.9 Å². The number of carbonyl (C=O) groups excluding carboxylic acids is 1. The van der Waals surface area contributed by atoms with Gasteiger partial charge in [0.15, 0.2) is 5.43 Å². The second-order valence-corrected chi connectivity index (χ2v) is 6.18. The van der Waals surface area contributed by atoms with E-state index in [4.69, 9.17) is 5.73 Å². The minimum atomic E-state index is -2.74. The molecule has 3 rings (SSSR count). The molecule has 7 heteroatoms. The van der Waals surface area contributed by atoms with Crippen LogP contribution < -0.4 is 11.2 Å². The van der Waals surface area contributed by atoms with Crippen molar-refractivity contribution in [3.63, 3.8) is 0 Å². The number of fused-ring (bicyclic) bond motifs is 1. The molecule has 1 aliphatic rings. The third-order valence-corrected chi connectivity index (χ3v) is 4.62. The van der Waals surface area contributed by atoms with E-state index >= 15 is 0 Å². The average molecular weight is 321 g/mol. The number of carbonyl (C=O) groups is 1. The number of pyridine rings is 2. The lowest BCUT2D eigenvalue weighted by Crippen LogP contribution is -2.33. The van der Waals surface area contributed by atoms with Crippen LogP contribution in [0, 0.1) is 5.92 Å². The maximum absolute atomic E-state index is 14.0. The van der Waals surface area contributed by atoms with E-state index in [0.717, 1.165) is 0 Å². The van der Waals surface area contributed by atoms with Gasteiger partial charge in [0.05, 0.1) is 10.9 Å². The Balaban J connectivity index is 2.08. The van der Waals surface area contributed by atoms with E-state index in [2.05, 4.69) is 9.97 Å². The standard InChI is InChI=1S/C16H17F2N3O2/c1-8-2-3-9(7-16(8,17)18)11-6-12(22)13-10(21-11)4-5-20-14(13)15(19)23/h4-6,8-9H,2-3,7H2,1H3,(H2,19,23)(H,21,22). The summed E-state index contributed by atoms with van der Waals surface area (Å²) in [6, 6.07) is 2.82. The molecule has 2 aromatic heterocycles. The summed E-state index contributed by atoms with van der Waals surface area (Å²) in [4.78, 5) is 30.6. The van der Waals surface area contributed by atoms with Crippen LogP contribution in [0.1, 0.15) is 48.3 Å². The highest BCUT2D eigenvalue weighted by atomic mass is 19.3. The molecule has 0 bridgehead atoms. The zero-order valence-electron chi connectivity index (χ0n) is 12.6. The number of nitrogens with two attached hydrogens (primary N) is 1. The monoisotopic (exact) mass is 321 g/mol. The number of amides is 1. The summed E-state index contributed by atoms with van der Waals surface area (Å²) in [5, 5.41) is 0.0969. The molecule has 1 saturated carbocycles. The Morgan fingerprint density at radius 2 is 2.17 bits per heavy atom. The fraction of sp³-hybridized carbons (Fsp3) is 0.438. The number of aromatic nitrogens is 2. The van der Waals surface area contributed by atoms with Crippen LogP contribution in [-0.2, 0) is 0 Å². The van der Waals surface area contributed by atoms with Gasteiger partial charge < -0.3 is 10.7 Å². The van der Waals surface area contributed by atoms with Gasteiger partial charge in [-0.25, -0.2) is 8.78 Å². The number of hydrogen-bond acceptors (Lipinski definition) is 3. The van der Waals surface area contributed by atoms with Crippen molar-refractivity contribution in [1.82, 2.24) is 9.97 Å². The van der Waals surface area contributed by atoms with Crippen LogP contribution in [0.25, 0.3) is 10.9 Å². The van der Waals surface area contributed by atoms with Crippen LogP contribution in [0.4, 0.5) is 8.78 Å². The molecule has 0 saturated heterocycles. The molecule has 1 amide bonds. The van der Waals surface area contributed by atoms with Crippen LogP contribution in [0.5, 0.6) is 0 Å². The molecule has 1 aliphatic carbocycles. The van der Waals surface area contributed by atoms with Crippen LogP contribution >= 0.6 is 0 Å². The molecule has 122 valence electrons. The van der Waals surface area contributed by atoms with Crippen molar-refractivity contribution in [2.45, 2.75) is 38.0 Å². The van der Waals surface area contributed by atoms with Crippen molar-refractivity contribution in [3.8, 4) is 0 Å². The molecule has 2 unspecified atom stereocenters. The lowest BCUT2D eigenvalue weighted by Gasteiger charge is -2.34. The van der Waals surface area contributed by atoms with Gasteiger partial charge in [-0.2, -0.15) is 0 Å². The number of nitrogens with one attached hydrogen (secondary N) is 1. The van der Waals surface area contributed by atoms with Crippen molar-refractivity contribution < 1.29 is 13.6 Å². The van der Waals surface area contributed by atoms with Gasteiger partial charge in [0.2, 0.25) is 0 Å². The van der Waals surface area contributed by atoms with E-state index in [-0.39, 0.29) is 17.5 Å². The highest BCUT2D eigenvalue weighted by Gasteiger charge is 2.43. The Hall–Kier alpha value is -2.31. The maximum Gasteiger partial charge on any atom is 0.268 e. The normalized spacial score (nSPS) is 23.8. The first-order valence-electron chi connectivity index (χ1n) is 7.49. The largest absolute Gasteiger partial charge is 0.364 e. The van der Waals surface area contributed by atoms with Gasteiger partial charge in [-0.15, -0.1) is 0 Å². The first-order chi connectivity index (χ1) is 10.8. The molecular formula is C16H17F2N3O2. The van der Waals surface area contributed by atoms with Gasteiger partial charge in [0.25, 0.3) is 11.8 Å². The van der Waals surface area contributed by atoms with E-state index < -0.39 is 29.1 Å². The molecule has 0 spiro atoms. The van der Waals surface area contributed by atoms with Gasteiger partial charge in [0.1, 0.15) is 5.69 Å². The van der Waals surface area contributed by atoms with E-state index in [9.17, 15) is 18.4 Å². The summed E-state index contributed by atoms with van der Waals surface area (Å²) in [6.45, 7) is 1.55. The lowest BCUT2D eigenvalue weighted by molar-refractivity contribution is -0.0851. The van der Waals surface area contributed by atoms with E-state index in [1.165, 1.54) is 18.3 Å². The summed E-state index contributed by atoms with van der Waals surface area (Å²) >= 11 is 0. The highest BCUT2D eigenvalue weighted by Crippen LogP contribution is 2.44. The number of alkyl halides is 2. The van der Waals surface area contributed by atoms with Crippen LogP contribution in [0.3, 0.4) is 0 Å². The molecule has 3 N–H and O–H groups in total. The first kappa shape index (κ1) is 15.6. The predicted octanol–water partition coefficient (Wildman–Crippen LogP) is 2.56. The van der Waals surface area contributed by atoms with Gasteiger partial charge in [-0.3, -0.25) is 14.6 Å². The molecule has 0 radical (unpaired) electrons. The minimum absolute atomic E-state index is 0.0969. The summed E-state index contributed by atoms with van der Waals surface area (Å²) in [5.74, 6) is -4.61. The van der Waals surface area contributed by atoms with Gasteiger partial charge in [0, 0.05) is 36.2 Å². The number of H-pyrrole nitrogens is 1. The second-order valence-electron chi connectivity index (χ2n) is 6.18. The smallest absolute Gasteiger partial charge is 0.268 e. The number of hydrogen-bond donors (Lipinski definition) is 2. The van der Waals surface area contributed by atoms with E-state index in [1.54, 1.807) is 6.92 Å². The maximum atomic E-state index is 14.0. The van der Waals surface area contributed by atoms with E-state index in [1.807, 2.05) is 0 Å². The highest BCUT2D eigenvalue weighted by molar-refractivity contribution is 6.03. The molecule has 2 heterocycles. The molecule has 23 heavy (non-hydrogen) atoms. The van der Waals surface area contributed by atoms with Gasteiger partial charge in [-0.1, -0.05) is 6.92 Å². The fourth-order valence-electron chi connectivity index (χ4n) is 3.19. The Labute approximate surface area is 130 Å². The number of primary amides is 1. The second kappa shape index (κ2) is 5.40. The topological polar surface area (TPSA) is 88.8 Å². The van der Waals surface area contributed by atoms with Crippen molar-refractivity contribution in [2.24, 2.45) is 11.7 Å². The Kier molecular flexibility index (Phi) is 3.66. The summed E-state index contributed by atoms with van der Waals surface area (Å²) < 4.78 is 27.9. The van der Waals surface area contributed by atoms with Crippen LogP contribution in [-0.4, -0.2) is 21.8 Å². The Morgan fingerprint density at radius 1 is 1.43 bits per heavy atom. The number of rotatable bonds is 2. The molecular weight excluding hydrogens is 304 g/mol. The zero-order valence-corrected chi connectivity index (χ0v) is 12.6. The average Bonchev–Trinajstić information content (AvgIpc) is 2.49. The Bertz CT molecular complexity index is 832. The van der Waals surface area contributed by atoms with Crippen molar-refractivity contribution in [2.75, 3.05) is 0 Å². The molecule has 2 aromatic rings. The first-order valence-corrected chi connectivity index (χ1v) is 7.49. The van der Waals surface area contributed by atoms with Gasteiger partial charge >= 0.3 is 0 Å². The predicted molar refractivity (Wildman–Crippen MR) is 81.6 cm³/mol. The lowest BCUT2D eigenvalue weighted by atomic mass is 9.78. The summed E-state index contributed by atoms with van der Waals surface area (Å²) in [6.07, 6.45) is 2.07. The molecule has 2 atom stereocenters. The van der Waals surface area contributed by atoms with Crippen molar-refractivity contribution in [1.29, 1.82) is 0 Å². The number of aromatic amines is 1. The molecule has 1 fully saturated rings. The Morgan fingerprint density at radius 3 is 2.83 bits per heavy atom. The van der Waals surface area contributed by atoms with Crippen LogP contribution in [0.2, 0.25) is 0 Å². The third-order valence-electron chi connectivity index (χ3n) is 4.62. The van der Waals surface area contributed by atoms with Crippen molar-refractivity contribution >= 4 is 16.8 Å². The molecule has 5 nitrogen and oxygen atoms in total. The zero-order chi connectivity index (χ0) is 16.8. The SMILES string of the molecule is CC1CCC(c2cc(=O)c3c(C(N)=O)nccc3[nH]2)CC1(F)F. The van der Waals surface area contributed by atoms with Crippen molar-refractivity contribution in [3.05, 3.63) is 39.9 Å². The number of halogens is 2.